The normalized spacial score (nSPS) is 14.5. The van der Waals surface area contributed by atoms with Crippen molar-refractivity contribution in [3.63, 3.8) is 0 Å². The first kappa shape index (κ1) is 12.6. The van der Waals surface area contributed by atoms with Gasteiger partial charge in [0.25, 0.3) is 0 Å². The third kappa shape index (κ3) is 2.69. The largest absolute Gasteiger partial charge is 0.364 e. The van der Waals surface area contributed by atoms with Crippen LogP contribution in [0.2, 0.25) is 5.15 Å². The van der Waals surface area contributed by atoms with Gasteiger partial charge in [-0.05, 0) is 30.4 Å². The Morgan fingerprint density at radius 1 is 1.24 bits per heavy atom. The summed E-state index contributed by atoms with van der Waals surface area (Å²) in [5.74, 6) is 1.45. The summed E-state index contributed by atoms with van der Waals surface area (Å²) in [7, 11) is 0. The molecule has 1 fully saturated rings. The van der Waals surface area contributed by atoms with E-state index in [1.54, 1.807) is 6.07 Å². The summed E-state index contributed by atoms with van der Waals surface area (Å²) in [5, 5.41) is 3.63. The van der Waals surface area contributed by atoms with Gasteiger partial charge in [-0.2, -0.15) is 0 Å². The smallest absolute Gasteiger partial charge is 0.137 e. The molecule has 0 bridgehead atoms. The van der Waals surface area contributed by atoms with Gasteiger partial charge in [0.2, 0.25) is 0 Å². The molecular formula is C15H14ClN5. The van der Waals surface area contributed by atoms with Gasteiger partial charge in [-0.3, -0.25) is 0 Å². The molecule has 3 aromatic heterocycles. The second-order valence-corrected chi connectivity index (χ2v) is 5.70. The lowest BCUT2D eigenvalue weighted by Crippen LogP contribution is -2.01. The summed E-state index contributed by atoms with van der Waals surface area (Å²) in [6.07, 6.45) is 8.30. The summed E-state index contributed by atoms with van der Waals surface area (Å²) < 4.78 is 2.09. The number of anilines is 1. The van der Waals surface area contributed by atoms with E-state index < -0.39 is 0 Å². The van der Waals surface area contributed by atoms with Gasteiger partial charge in [-0.1, -0.05) is 17.7 Å². The molecule has 1 saturated carbocycles. The van der Waals surface area contributed by atoms with E-state index >= 15 is 0 Å². The molecule has 0 aliphatic heterocycles. The van der Waals surface area contributed by atoms with E-state index in [1.165, 1.54) is 24.7 Å². The van der Waals surface area contributed by atoms with Crippen molar-refractivity contribution in [3.8, 4) is 0 Å². The highest BCUT2D eigenvalue weighted by atomic mass is 35.5. The van der Waals surface area contributed by atoms with Gasteiger partial charge in [0.15, 0.2) is 0 Å². The fourth-order valence-corrected chi connectivity index (χ4v) is 2.56. The van der Waals surface area contributed by atoms with Crippen molar-refractivity contribution in [1.82, 2.24) is 19.4 Å². The average molecular weight is 300 g/mol. The molecule has 0 spiro atoms. The van der Waals surface area contributed by atoms with Crippen LogP contribution in [0.4, 0.5) is 5.82 Å². The van der Waals surface area contributed by atoms with Crippen LogP contribution in [-0.2, 0) is 6.54 Å². The first-order valence-corrected chi connectivity index (χ1v) is 7.35. The molecule has 1 aliphatic carbocycles. The van der Waals surface area contributed by atoms with E-state index in [2.05, 4.69) is 49.2 Å². The Kier molecular flexibility index (Phi) is 3.00. The van der Waals surface area contributed by atoms with Crippen LogP contribution in [0.15, 0.2) is 36.9 Å². The topological polar surface area (TPSA) is 55.1 Å². The van der Waals surface area contributed by atoms with E-state index in [1.807, 2.05) is 0 Å². The molecule has 21 heavy (non-hydrogen) atoms. The van der Waals surface area contributed by atoms with Crippen LogP contribution in [0.1, 0.15) is 30.0 Å². The van der Waals surface area contributed by atoms with E-state index in [0.717, 1.165) is 17.3 Å². The Morgan fingerprint density at radius 3 is 2.95 bits per heavy atom. The monoisotopic (exact) mass is 299 g/mol. The molecule has 5 nitrogen and oxygen atoms in total. The highest BCUT2D eigenvalue weighted by Gasteiger charge is 2.23. The van der Waals surface area contributed by atoms with Crippen LogP contribution < -0.4 is 5.32 Å². The standard InChI is InChI=1S/C15H14ClN5/c16-13-5-14(19-9-18-13)17-6-12-8-21-7-11(10-1-2-10)3-4-15(21)20-12/h3-5,7-10H,1-2,6H2,(H,17,18,19). The molecule has 0 atom stereocenters. The number of imidazole rings is 1. The fourth-order valence-electron chi connectivity index (χ4n) is 2.42. The summed E-state index contributed by atoms with van der Waals surface area (Å²) in [6, 6.07) is 5.96. The van der Waals surface area contributed by atoms with Gasteiger partial charge in [0.1, 0.15) is 22.9 Å². The van der Waals surface area contributed by atoms with Gasteiger partial charge in [0, 0.05) is 18.5 Å². The predicted molar refractivity (Wildman–Crippen MR) is 81.5 cm³/mol. The molecule has 0 amide bonds. The lowest BCUT2D eigenvalue weighted by molar-refractivity contribution is 1.04. The molecule has 0 aromatic carbocycles. The zero-order chi connectivity index (χ0) is 14.2. The maximum Gasteiger partial charge on any atom is 0.137 e. The lowest BCUT2D eigenvalue weighted by atomic mass is 10.2. The van der Waals surface area contributed by atoms with E-state index in [-0.39, 0.29) is 0 Å². The molecule has 0 saturated heterocycles. The summed E-state index contributed by atoms with van der Waals surface area (Å²) in [4.78, 5) is 12.6. The molecule has 3 aromatic rings. The van der Waals surface area contributed by atoms with Crippen molar-refractivity contribution in [2.75, 3.05) is 5.32 Å². The number of nitrogens with one attached hydrogen (secondary N) is 1. The molecule has 3 heterocycles. The molecule has 106 valence electrons. The quantitative estimate of drug-likeness (QED) is 0.751. The zero-order valence-corrected chi connectivity index (χ0v) is 12.1. The van der Waals surface area contributed by atoms with E-state index in [9.17, 15) is 0 Å². The Bertz CT molecular complexity index is 794. The van der Waals surface area contributed by atoms with Gasteiger partial charge in [-0.15, -0.1) is 0 Å². The number of pyridine rings is 1. The number of halogens is 1. The van der Waals surface area contributed by atoms with Crippen molar-refractivity contribution in [2.24, 2.45) is 0 Å². The number of hydrogen-bond donors (Lipinski definition) is 1. The molecular weight excluding hydrogens is 286 g/mol. The Labute approximate surface area is 127 Å². The molecule has 0 unspecified atom stereocenters. The van der Waals surface area contributed by atoms with Crippen LogP contribution in [0.5, 0.6) is 0 Å². The first-order valence-electron chi connectivity index (χ1n) is 6.97. The van der Waals surface area contributed by atoms with Crippen molar-refractivity contribution in [1.29, 1.82) is 0 Å². The first-order chi connectivity index (χ1) is 10.3. The maximum absolute atomic E-state index is 5.83. The third-order valence-electron chi connectivity index (χ3n) is 3.66. The summed E-state index contributed by atoms with van der Waals surface area (Å²) in [5.41, 5.74) is 3.34. The summed E-state index contributed by atoms with van der Waals surface area (Å²) >= 11 is 5.83. The number of fused-ring (bicyclic) bond motifs is 1. The van der Waals surface area contributed by atoms with Crippen LogP contribution in [0, 0.1) is 0 Å². The second kappa shape index (κ2) is 5.00. The Hall–Kier alpha value is -2.14. The molecule has 4 rings (SSSR count). The minimum Gasteiger partial charge on any atom is -0.364 e. The second-order valence-electron chi connectivity index (χ2n) is 5.31. The van der Waals surface area contributed by atoms with Crippen LogP contribution in [0.3, 0.4) is 0 Å². The van der Waals surface area contributed by atoms with Crippen molar-refractivity contribution >= 4 is 23.1 Å². The number of aromatic nitrogens is 4. The van der Waals surface area contributed by atoms with Crippen LogP contribution in [0.25, 0.3) is 5.65 Å². The Balaban J connectivity index is 1.53. The predicted octanol–water partition coefficient (Wildman–Crippen LogP) is 3.27. The van der Waals surface area contributed by atoms with Crippen molar-refractivity contribution in [3.05, 3.63) is 53.3 Å². The van der Waals surface area contributed by atoms with Crippen LogP contribution >= 0.6 is 11.6 Å². The molecule has 1 N–H and O–H groups in total. The van der Waals surface area contributed by atoms with Gasteiger partial charge < -0.3 is 9.72 Å². The van der Waals surface area contributed by atoms with Crippen molar-refractivity contribution in [2.45, 2.75) is 25.3 Å². The van der Waals surface area contributed by atoms with E-state index in [4.69, 9.17) is 11.6 Å². The highest BCUT2D eigenvalue weighted by molar-refractivity contribution is 6.29. The zero-order valence-electron chi connectivity index (χ0n) is 11.3. The van der Waals surface area contributed by atoms with Crippen LogP contribution in [-0.4, -0.2) is 19.4 Å². The molecule has 0 radical (unpaired) electrons. The maximum atomic E-state index is 5.83. The third-order valence-corrected chi connectivity index (χ3v) is 3.86. The minimum absolute atomic E-state index is 0.427. The lowest BCUT2D eigenvalue weighted by Gasteiger charge is -2.02. The number of rotatable bonds is 4. The highest BCUT2D eigenvalue weighted by Crippen LogP contribution is 2.39. The summed E-state index contributed by atoms with van der Waals surface area (Å²) in [6.45, 7) is 0.605. The van der Waals surface area contributed by atoms with Gasteiger partial charge >= 0.3 is 0 Å². The van der Waals surface area contributed by atoms with Gasteiger partial charge in [-0.25, -0.2) is 15.0 Å². The SMILES string of the molecule is Clc1cc(NCc2cn3cc(C4CC4)ccc3n2)ncn1. The molecule has 1 aliphatic rings. The van der Waals surface area contributed by atoms with E-state index in [0.29, 0.717) is 17.5 Å². The van der Waals surface area contributed by atoms with Gasteiger partial charge in [0.05, 0.1) is 12.2 Å². The molecule has 6 heteroatoms. The number of hydrogen-bond acceptors (Lipinski definition) is 4. The number of nitrogens with zero attached hydrogens (tertiary/aromatic N) is 4. The fraction of sp³-hybridized carbons (Fsp3) is 0.267. The average Bonchev–Trinajstić information content (AvgIpc) is 3.25. The minimum atomic E-state index is 0.427. The van der Waals surface area contributed by atoms with Crippen molar-refractivity contribution < 1.29 is 0 Å². The Morgan fingerprint density at radius 2 is 2.14 bits per heavy atom.